The number of nitrogens with zero attached hydrogens (tertiary/aromatic N) is 4. The molecule has 0 bridgehead atoms. The van der Waals surface area contributed by atoms with E-state index < -0.39 is 40.1 Å². The molecule has 1 fully saturated rings. The van der Waals surface area contributed by atoms with Crippen molar-refractivity contribution in [3.8, 4) is 0 Å². The highest BCUT2D eigenvalue weighted by Gasteiger charge is 2.35. The zero-order valence-electron chi connectivity index (χ0n) is 30.3. The number of amides is 3. The molecule has 1 aliphatic carbocycles. The molecule has 52 heavy (non-hydrogen) atoms. The van der Waals surface area contributed by atoms with Gasteiger partial charge in [-0.1, -0.05) is 80.7 Å². The smallest absolute Gasteiger partial charge is 0.318 e. The minimum absolute atomic E-state index is 0.0488. The van der Waals surface area contributed by atoms with E-state index in [1.807, 2.05) is 49.6 Å². The molecule has 3 amide bonds. The van der Waals surface area contributed by atoms with Crippen LogP contribution in [0.5, 0.6) is 0 Å². The molecule has 4 N–H and O–H groups in total. The van der Waals surface area contributed by atoms with E-state index in [0.29, 0.717) is 24.3 Å². The van der Waals surface area contributed by atoms with Crippen LogP contribution in [0.3, 0.4) is 0 Å². The van der Waals surface area contributed by atoms with Crippen LogP contribution < -0.4 is 10.6 Å². The second-order valence-electron chi connectivity index (χ2n) is 13.5. The largest absolute Gasteiger partial charge is 0.411 e. The third kappa shape index (κ3) is 11.6. The number of benzene rings is 2. The molecule has 1 saturated carbocycles. The number of sulfonamides is 1. The van der Waals surface area contributed by atoms with E-state index in [2.05, 4.69) is 20.8 Å². The molecule has 4 rings (SSSR count). The molecule has 1 heterocycles. The van der Waals surface area contributed by atoms with Gasteiger partial charge in [0.25, 0.3) is 0 Å². The topological polar surface area (TPSA) is 174 Å². The van der Waals surface area contributed by atoms with Crippen molar-refractivity contribution in [1.82, 2.24) is 24.8 Å². The second kappa shape index (κ2) is 19.8. The Labute approximate surface area is 311 Å². The molecule has 13 nitrogen and oxygen atoms in total. The van der Waals surface area contributed by atoms with Crippen molar-refractivity contribution in [3.63, 3.8) is 0 Å². The highest BCUT2D eigenvalue weighted by atomic mass is 32.2. The van der Waals surface area contributed by atoms with Crippen LogP contribution in [0.25, 0.3) is 0 Å². The third-order valence-corrected chi connectivity index (χ3v) is 12.2. The highest BCUT2D eigenvalue weighted by molar-refractivity contribution is 7.89. The number of hydrogen-bond donors (Lipinski definition) is 4. The Bertz CT molecular complexity index is 1700. The van der Waals surface area contributed by atoms with Crippen LogP contribution in [0.1, 0.15) is 67.8 Å². The predicted octanol–water partition coefficient (Wildman–Crippen LogP) is 4.62. The number of carbonyl (C=O) groups is 2. The van der Waals surface area contributed by atoms with Gasteiger partial charge in [0.05, 0.1) is 42.1 Å². The fraction of sp³-hybridized carbons (Fsp3) is 0.514. The van der Waals surface area contributed by atoms with Gasteiger partial charge in [0.1, 0.15) is 11.0 Å². The Morgan fingerprint density at radius 3 is 2.44 bits per heavy atom. The molecule has 0 saturated heterocycles. The lowest BCUT2D eigenvalue weighted by Gasteiger charge is -2.33. The van der Waals surface area contributed by atoms with Crippen LogP contribution in [-0.4, -0.2) is 96.5 Å². The van der Waals surface area contributed by atoms with Gasteiger partial charge in [-0.25, -0.2) is 18.2 Å². The number of aliphatic hydroxyl groups excluding tert-OH is 1. The van der Waals surface area contributed by atoms with Crippen molar-refractivity contribution < 1.29 is 33.1 Å². The maximum absolute atomic E-state index is 14.1. The summed E-state index contributed by atoms with van der Waals surface area (Å²) in [6, 6.07) is 13.1. The summed E-state index contributed by atoms with van der Waals surface area (Å²) in [6.45, 7) is 4.40. The molecule has 4 atom stereocenters. The van der Waals surface area contributed by atoms with Gasteiger partial charge >= 0.3 is 6.03 Å². The lowest BCUT2D eigenvalue weighted by molar-refractivity contribution is -0.125. The van der Waals surface area contributed by atoms with Crippen molar-refractivity contribution >= 4 is 39.5 Å². The maximum atomic E-state index is 14.1. The maximum Gasteiger partial charge on any atom is 0.318 e. The Morgan fingerprint density at radius 2 is 1.81 bits per heavy atom. The van der Waals surface area contributed by atoms with Gasteiger partial charge in [-0.2, -0.15) is 4.31 Å². The summed E-state index contributed by atoms with van der Waals surface area (Å²) >= 11 is 1.44. The third-order valence-electron chi connectivity index (χ3n) is 9.53. The molecule has 284 valence electrons. The highest BCUT2D eigenvalue weighted by Crippen LogP contribution is 2.28. The van der Waals surface area contributed by atoms with Crippen LogP contribution in [0.2, 0.25) is 0 Å². The lowest BCUT2D eigenvalue weighted by Crippen LogP contribution is -2.58. The van der Waals surface area contributed by atoms with Gasteiger partial charge in [0.15, 0.2) is 0 Å². The first kappa shape index (κ1) is 40.9. The molecule has 1 aromatic heterocycles. The second-order valence-corrected chi connectivity index (χ2v) is 16.4. The Morgan fingerprint density at radius 1 is 1.12 bits per heavy atom. The first-order valence-corrected chi connectivity index (χ1v) is 20.0. The van der Waals surface area contributed by atoms with E-state index in [9.17, 15) is 23.1 Å². The minimum Gasteiger partial charge on any atom is -0.411 e. The molecule has 0 spiro atoms. The number of oxime groups is 1. The first-order valence-electron chi connectivity index (χ1n) is 17.7. The average Bonchev–Trinajstić information content (AvgIpc) is 3.82. The molecule has 0 unspecified atom stereocenters. The van der Waals surface area contributed by atoms with E-state index in [4.69, 9.17) is 9.94 Å². The van der Waals surface area contributed by atoms with Crippen LogP contribution in [0.4, 0.5) is 4.79 Å². The van der Waals surface area contributed by atoms with Gasteiger partial charge in [-0.05, 0) is 54.4 Å². The summed E-state index contributed by atoms with van der Waals surface area (Å²) in [5.41, 5.74) is 2.08. The SMILES string of the molecule is CC[C@H](C)[C@H](NC(=O)N(C)Cc1csc(COC)n1)C(=O)N[C@@H](Cc1ccccc1)[C@H](O)CN(CC1CCCC1)S(=O)(=O)c1ccc(C=NO)cc1. The number of aromatic nitrogens is 1. The zero-order chi connectivity index (χ0) is 37.7. The van der Waals surface area contributed by atoms with E-state index >= 15 is 0 Å². The number of hydrogen-bond acceptors (Lipinski definition) is 10. The van der Waals surface area contributed by atoms with Crippen LogP contribution in [0, 0.1) is 11.8 Å². The van der Waals surface area contributed by atoms with Gasteiger partial charge in [0, 0.05) is 32.6 Å². The molecular formula is C37H52N6O7S2. The van der Waals surface area contributed by atoms with Crippen LogP contribution in [0.15, 0.2) is 70.0 Å². The normalized spacial score (nSPS) is 16.1. The summed E-state index contributed by atoms with van der Waals surface area (Å²) in [4.78, 5) is 33.5. The number of rotatable bonds is 19. The Kier molecular flexibility index (Phi) is 15.6. The van der Waals surface area contributed by atoms with Gasteiger partial charge < -0.3 is 30.6 Å². The van der Waals surface area contributed by atoms with Crippen molar-refractivity contribution in [2.24, 2.45) is 17.0 Å². The average molecular weight is 757 g/mol. The number of methoxy groups -OCH3 is 1. The minimum atomic E-state index is -4.06. The van der Waals surface area contributed by atoms with Crippen LogP contribution >= 0.6 is 11.3 Å². The standard InChI is InChI=1S/C37H52N6O7S2/c1-5-26(2)35(41-37(46)42(3)22-30-25-51-34(39-30)24-50-4)36(45)40-32(19-27-11-7-6-8-12-27)33(44)23-43(21-29-13-9-10-14-29)52(48,49)31-17-15-28(16-18-31)20-38-47/h6-8,11-12,15-18,20,25-26,29,32-33,35,44,47H,5,9-10,13-14,19,21-24H2,1-4H3,(H,40,45)(H,41,46)/t26-,32-,33+,35-/m0/s1. The number of ether oxygens (including phenoxy) is 1. The van der Waals surface area contributed by atoms with Gasteiger partial charge in [-0.3, -0.25) is 4.79 Å². The summed E-state index contributed by atoms with van der Waals surface area (Å²) in [5, 5.41) is 32.3. The van der Waals surface area contributed by atoms with E-state index in [1.165, 1.54) is 38.9 Å². The van der Waals surface area contributed by atoms with Crippen molar-refractivity contribution in [2.45, 2.75) is 88.6 Å². The monoisotopic (exact) mass is 756 g/mol. The van der Waals surface area contributed by atoms with Crippen molar-refractivity contribution in [2.75, 3.05) is 27.2 Å². The first-order chi connectivity index (χ1) is 24.9. The molecule has 15 heteroatoms. The number of urea groups is 1. The molecular weight excluding hydrogens is 705 g/mol. The molecule has 1 aliphatic rings. The molecule has 0 aliphatic heterocycles. The summed E-state index contributed by atoms with van der Waals surface area (Å²) in [6.07, 6.45) is 4.55. The Balaban J connectivity index is 1.56. The summed E-state index contributed by atoms with van der Waals surface area (Å²) in [7, 11) is -0.834. The number of aliphatic hydroxyl groups is 1. The lowest BCUT2D eigenvalue weighted by atomic mass is 9.96. The van der Waals surface area contributed by atoms with Gasteiger partial charge in [0.2, 0.25) is 15.9 Å². The molecule has 2 aromatic carbocycles. The van der Waals surface area contributed by atoms with Crippen molar-refractivity contribution in [1.29, 1.82) is 0 Å². The Hall–Kier alpha value is -3.89. The summed E-state index contributed by atoms with van der Waals surface area (Å²) < 4.78 is 34.7. The quantitative estimate of drug-likeness (QED) is 0.0779. The van der Waals surface area contributed by atoms with Crippen LogP contribution in [-0.2, 0) is 39.1 Å². The number of carbonyl (C=O) groups excluding carboxylic acids is 2. The number of thiazole rings is 1. The van der Waals surface area contributed by atoms with E-state index in [1.54, 1.807) is 26.3 Å². The molecule has 0 radical (unpaired) electrons. The van der Waals surface area contributed by atoms with Crippen molar-refractivity contribution in [3.05, 3.63) is 81.8 Å². The fourth-order valence-electron chi connectivity index (χ4n) is 6.32. The van der Waals surface area contributed by atoms with E-state index in [-0.39, 0.29) is 42.8 Å². The fourth-order valence-corrected chi connectivity index (χ4v) is 8.61. The molecule has 3 aromatic rings. The van der Waals surface area contributed by atoms with Gasteiger partial charge in [-0.15, -0.1) is 11.3 Å². The number of nitrogens with one attached hydrogen (secondary N) is 2. The predicted molar refractivity (Wildman–Crippen MR) is 201 cm³/mol. The summed E-state index contributed by atoms with van der Waals surface area (Å²) in [5.74, 6) is -0.584. The zero-order valence-corrected chi connectivity index (χ0v) is 32.0. The van der Waals surface area contributed by atoms with E-state index in [0.717, 1.165) is 36.3 Å².